The second-order valence-electron chi connectivity index (χ2n) is 5.69. The first-order valence-electron chi connectivity index (χ1n) is 7.96. The van der Waals surface area contributed by atoms with Crippen molar-refractivity contribution >= 4 is 22.3 Å². The fraction of sp³-hybridized carbons (Fsp3) is 0.294. The van der Waals surface area contributed by atoms with Crippen molar-refractivity contribution in [3.8, 4) is 11.5 Å². The molecule has 0 amide bonds. The van der Waals surface area contributed by atoms with E-state index in [2.05, 4.69) is 24.8 Å². The van der Waals surface area contributed by atoms with E-state index in [-0.39, 0.29) is 0 Å². The Hall–Kier alpha value is -2.54. The average Bonchev–Trinajstić information content (AvgIpc) is 3.17. The van der Waals surface area contributed by atoms with Gasteiger partial charge in [-0.1, -0.05) is 6.07 Å². The van der Waals surface area contributed by atoms with Gasteiger partial charge >= 0.3 is 0 Å². The van der Waals surface area contributed by atoms with Crippen molar-refractivity contribution in [2.75, 3.05) is 36.0 Å². The summed E-state index contributed by atoms with van der Waals surface area (Å²) in [6.07, 6.45) is 3.63. The highest BCUT2D eigenvalue weighted by Crippen LogP contribution is 2.23. The lowest BCUT2D eigenvalue weighted by Crippen LogP contribution is -2.46. The van der Waals surface area contributed by atoms with Crippen molar-refractivity contribution in [1.29, 1.82) is 0 Å². The van der Waals surface area contributed by atoms with E-state index in [0.29, 0.717) is 5.82 Å². The summed E-state index contributed by atoms with van der Waals surface area (Å²) in [5, 5.41) is 3.12. The summed E-state index contributed by atoms with van der Waals surface area (Å²) >= 11 is 1.69. The molecular formula is C17H18N6S. The van der Waals surface area contributed by atoms with Crippen LogP contribution in [0.25, 0.3) is 11.5 Å². The zero-order chi connectivity index (χ0) is 16.4. The summed E-state index contributed by atoms with van der Waals surface area (Å²) in [6, 6.07) is 7.85. The van der Waals surface area contributed by atoms with Crippen LogP contribution in [0, 0.1) is 6.92 Å². The Labute approximate surface area is 144 Å². The lowest BCUT2D eigenvalue weighted by atomic mass is 10.3. The molecule has 0 bridgehead atoms. The Morgan fingerprint density at radius 2 is 1.79 bits per heavy atom. The monoisotopic (exact) mass is 338 g/mol. The number of rotatable bonds is 3. The fourth-order valence-electron chi connectivity index (χ4n) is 2.82. The van der Waals surface area contributed by atoms with Gasteiger partial charge in [-0.05, 0) is 19.1 Å². The molecule has 4 rings (SSSR count). The maximum absolute atomic E-state index is 4.74. The van der Waals surface area contributed by atoms with Gasteiger partial charge in [-0.25, -0.2) is 15.0 Å². The van der Waals surface area contributed by atoms with Gasteiger partial charge in [0.15, 0.2) is 11.0 Å². The third kappa shape index (κ3) is 3.07. The van der Waals surface area contributed by atoms with Crippen LogP contribution in [-0.4, -0.2) is 46.1 Å². The molecule has 1 fully saturated rings. The number of thiazole rings is 1. The zero-order valence-electron chi connectivity index (χ0n) is 13.5. The fourth-order valence-corrected chi connectivity index (χ4v) is 3.52. The Balaban J connectivity index is 1.54. The van der Waals surface area contributed by atoms with Gasteiger partial charge < -0.3 is 9.80 Å². The van der Waals surface area contributed by atoms with Crippen molar-refractivity contribution in [3.63, 3.8) is 0 Å². The number of aryl methyl sites for hydroxylation is 1. The molecule has 3 aromatic heterocycles. The van der Waals surface area contributed by atoms with E-state index < -0.39 is 0 Å². The van der Waals surface area contributed by atoms with E-state index in [1.165, 1.54) is 0 Å². The standard InChI is InChI=1S/C17H18N6S/c1-13-12-15(21-16(20-13)14-4-2-3-5-18-14)22-7-9-23(10-8-22)17-19-6-11-24-17/h2-6,11-12H,7-10H2,1H3. The second-order valence-corrected chi connectivity index (χ2v) is 6.57. The molecule has 0 radical (unpaired) electrons. The van der Waals surface area contributed by atoms with E-state index in [9.17, 15) is 0 Å². The molecule has 0 N–H and O–H groups in total. The third-order valence-electron chi connectivity index (χ3n) is 4.03. The van der Waals surface area contributed by atoms with Gasteiger partial charge in [0.05, 0.1) is 0 Å². The Morgan fingerprint density at radius 3 is 2.50 bits per heavy atom. The number of nitrogens with zero attached hydrogens (tertiary/aromatic N) is 6. The van der Waals surface area contributed by atoms with Gasteiger partial charge in [0.1, 0.15) is 11.5 Å². The Bertz CT molecular complexity index is 797. The van der Waals surface area contributed by atoms with Crippen LogP contribution in [0.2, 0.25) is 0 Å². The molecule has 0 spiro atoms. The minimum atomic E-state index is 0.688. The smallest absolute Gasteiger partial charge is 0.185 e. The first kappa shape index (κ1) is 15.0. The third-order valence-corrected chi connectivity index (χ3v) is 4.86. The molecule has 4 heterocycles. The second kappa shape index (κ2) is 6.52. The van der Waals surface area contributed by atoms with E-state index in [1.54, 1.807) is 17.5 Å². The van der Waals surface area contributed by atoms with E-state index >= 15 is 0 Å². The Kier molecular flexibility index (Phi) is 4.08. The van der Waals surface area contributed by atoms with Gasteiger partial charge in [0.25, 0.3) is 0 Å². The first-order chi connectivity index (χ1) is 11.8. The number of anilines is 2. The van der Waals surface area contributed by atoms with Crippen LogP contribution in [0.5, 0.6) is 0 Å². The van der Waals surface area contributed by atoms with Crippen LogP contribution in [0.4, 0.5) is 10.9 Å². The molecule has 1 aliphatic rings. The van der Waals surface area contributed by atoms with Crippen molar-refractivity contribution in [3.05, 3.63) is 47.7 Å². The summed E-state index contributed by atoms with van der Waals surface area (Å²) in [7, 11) is 0. The molecule has 0 aliphatic carbocycles. The molecule has 0 saturated carbocycles. The van der Waals surface area contributed by atoms with Crippen LogP contribution < -0.4 is 9.80 Å². The molecule has 7 heteroatoms. The van der Waals surface area contributed by atoms with Crippen LogP contribution in [0.15, 0.2) is 42.0 Å². The molecule has 24 heavy (non-hydrogen) atoms. The highest BCUT2D eigenvalue weighted by atomic mass is 32.1. The highest BCUT2D eigenvalue weighted by molar-refractivity contribution is 7.13. The van der Waals surface area contributed by atoms with Crippen molar-refractivity contribution in [1.82, 2.24) is 19.9 Å². The summed E-state index contributed by atoms with van der Waals surface area (Å²) in [6.45, 7) is 5.77. The number of pyridine rings is 1. The minimum Gasteiger partial charge on any atom is -0.353 e. The maximum Gasteiger partial charge on any atom is 0.185 e. The molecule has 3 aromatic rings. The molecule has 1 saturated heterocycles. The molecule has 1 aliphatic heterocycles. The minimum absolute atomic E-state index is 0.688. The number of hydrogen-bond donors (Lipinski definition) is 0. The average molecular weight is 338 g/mol. The number of piperazine rings is 1. The number of aromatic nitrogens is 4. The molecule has 122 valence electrons. The zero-order valence-corrected chi connectivity index (χ0v) is 14.3. The number of hydrogen-bond acceptors (Lipinski definition) is 7. The quantitative estimate of drug-likeness (QED) is 0.732. The SMILES string of the molecule is Cc1cc(N2CCN(c3nccs3)CC2)nc(-c2ccccn2)n1. The summed E-state index contributed by atoms with van der Waals surface area (Å²) in [5.41, 5.74) is 1.77. The van der Waals surface area contributed by atoms with Crippen LogP contribution in [0.3, 0.4) is 0 Å². The van der Waals surface area contributed by atoms with Crippen molar-refractivity contribution in [2.45, 2.75) is 6.92 Å². The molecule has 0 unspecified atom stereocenters. The Morgan fingerprint density at radius 1 is 0.958 bits per heavy atom. The summed E-state index contributed by atoms with van der Waals surface area (Å²) in [5.74, 6) is 1.66. The van der Waals surface area contributed by atoms with Crippen molar-refractivity contribution in [2.24, 2.45) is 0 Å². The van der Waals surface area contributed by atoms with E-state index in [1.807, 2.05) is 42.8 Å². The molecular weight excluding hydrogens is 320 g/mol. The molecule has 0 atom stereocenters. The van der Waals surface area contributed by atoms with Gasteiger partial charge in [-0.3, -0.25) is 4.98 Å². The molecule has 6 nitrogen and oxygen atoms in total. The van der Waals surface area contributed by atoms with Gasteiger partial charge in [-0.2, -0.15) is 0 Å². The van der Waals surface area contributed by atoms with Gasteiger partial charge in [0.2, 0.25) is 0 Å². The van der Waals surface area contributed by atoms with E-state index in [4.69, 9.17) is 4.98 Å². The van der Waals surface area contributed by atoms with Crippen LogP contribution >= 0.6 is 11.3 Å². The normalized spacial score (nSPS) is 14.9. The van der Waals surface area contributed by atoms with E-state index in [0.717, 1.165) is 48.5 Å². The lowest BCUT2D eigenvalue weighted by Gasteiger charge is -2.35. The highest BCUT2D eigenvalue weighted by Gasteiger charge is 2.20. The summed E-state index contributed by atoms with van der Waals surface area (Å²) < 4.78 is 0. The maximum atomic E-state index is 4.74. The first-order valence-corrected chi connectivity index (χ1v) is 8.84. The predicted octanol–water partition coefficient (Wildman–Crippen LogP) is 2.63. The summed E-state index contributed by atoms with van der Waals surface area (Å²) in [4.78, 5) is 22.7. The molecule has 0 aromatic carbocycles. The van der Waals surface area contributed by atoms with Gasteiger partial charge in [-0.15, -0.1) is 11.3 Å². The predicted molar refractivity (Wildman–Crippen MR) is 96.5 cm³/mol. The van der Waals surface area contributed by atoms with Crippen LogP contribution in [-0.2, 0) is 0 Å². The van der Waals surface area contributed by atoms with Crippen molar-refractivity contribution < 1.29 is 0 Å². The lowest BCUT2D eigenvalue weighted by molar-refractivity contribution is 0.645. The van der Waals surface area contributed by atoms with Crippen LogP contribution in [0.1, 0.15) is 5.69 Å². The largest absolute Gasteiger partial charge is 0.353 e. The topological polar surface area (TPSA) is 58.0 Å². The van der Waals surface area contributed by atoms with Gasteiger partial charge in [0, 0.05) is 55.7 Å².